The number of halogens is 6. The second-order valence-corrected chi connectivity index (χ2v) is 8.59. The van der Waals surface area contributed by atoms with Gasteiger partial charge in [-0.3, -0.25) is 0 Å². The zero-order chi connectivity index (χ0) is 16.5. The van der Waals surface area contributed by atoms with E-state index in [1.54, 1.807) is 24.3 Å². The third kappa shape index (κ3) is 4.29. The molecule has 1 aromatic carbocycles. The summed E-state index contributed by atoms with van der Waals surface area (Å²) in [5.74, 6) is 2.40. The number of rotatable bonds is 1. The van der Waals surface area contributed by atoms with Crippen molar-refractivity contribution < 1.29 is 0 Å². The summed E-state index contributed by atoms with van der Waals surface area (Å²) in [6, 6.07) is 6.83. The molecule has 0 N–H and O–H groups in total. The van der Waals surface area contributed by atoms with E-state index < -0.39 is 7.59 Å². The minimum absolute atomic E-state index is 0.148. The quantitative estimate of drug-likeness (QED) is 0.476. The van der Waals surface area contributed by atoms with E-state index in [0.29, 0.717) is 11.1 Å². The van der Waals surface area contributed by atoms with Gasteiger partial charge in [0.15, 0.2) is 17.5 Å². The van der Waals surface area contributed by atoms with Crippen molar-refractivity contribution in [3.63, 3.8) is 0 Å². The SMILES string of the molecule is C#Cc1ccc(-c2nc(C(Cl)(Cl)Cl)nc(C(Cl)(Cl)Cl)n2)cc1. The molecule has 0 amide bonds. The molecule has 0 unspecified atom stereocenters. The van der Waals surface area contributed by atoms with E-state index in [1.165, 1.54) is 0 Å². The Hall–Kier alpha value is -0.470. The first-order chi connectivity index (χ1) is 10.1. The molecule has 1 heterocycles. The van der Waals surface area contributed by atoms with Crippen LogP contribution in [0.2, 0.25) is 0 Å². The van der Waals surface area contributed by atoms with Gasteiger partial charge in [0.25, 0.3) is 0 Å². The molecule has 3 nitrogen and oxygen atoms in total. The van der Waals surface area contributed by atoms with Gasteiger partial charge in [0.2, 0.25) is 7.59 Å². The number of alkyl halides is 6. The summed E-state index contributed by atoms with van der Waals surface area (Å²) < 4.78 is -3.78. The predicted octanol–water partition coefficient (Wildman–Crippen LogP) is 5.17. The van der Waals surface area contributed by atoms with Gasteiger partial charge in [-0.2, -0.15) is 0 Å². The van der Waals surface area contributed by atoms with Crippen LogP contribution in [-0.2, 0) is 7.59 Å². The summed E-state index contributed by atoms with van der Waals surface area (Å²) in [6.45, 7) is 0. The average molecular weight is 416 g/mol. The van der Waals surface area contributed by atoms with Gasteiger partial charge in [-0.15, -0.1) is 6.42 Å². The Bertz CT molecular complexity index is 693. The van der Waals surface area contributed by atoms with Crippen LogP contribution in [0.25, 0.3) is 11.4 Å². The Kier molecular flexibility index (Phi) is 5.34. The lowest BCUT2D eigenvalue weighted by Gasteiger charge is -2.15. The molecule has 22 heavy (non-hydrogen) atoms. The maximum Gasteiger partial charge on any atom is 0.250 e. The lowest BCUT2D eigenvalue weighted by molar-refractivity contribution is 0.851. The molecule has 2 aromatic rings. The van der Waals surface area contributed by atoms with E-state index in [1.807, 2.05) is 0 Å². The Morgan fingerprint density at radius 2 is 1.23 bits per heavy atom. The summed E-state index contributed by atoms with van der Waals surface area (Å²) in [7, 11) is 0. The van der Waals surface area contributed by atoms with Gasteiger partial charge in [-0.1, -0.05) is 75.5 Å². The van der Waals surface area contributed by atoms with Crippen LogP contribution in [0.4, 0.5) is 0 Å². The van der Waals surface area contributed by atoms with E-state index in [2.05, 4.69) is 20.9 Å². The molecular formula is C13H5Cl6N3. The largest absolute Gasteiger partial charge is 0.250 e. The fourth-order valence-electron chi connectivity index (χ4n) is 1.47. The monoisotopic (exact) mass is 413 g/mol. The summed E-state index contributed by atoms with van der Waals surface area (Å²) in [4.78, 5) is 12.1. The van der Waals surface area contributed by atoms with E-state index in [4.69, 9.17) is 76.0 Å². The Morgan fingerprint density at radius 3 is 1.59 bits per heavy atom. The first-order valence-corrected chi connectivity index (χ1v) is 7.85. The molecule has 0 aliphatic carbocycles. The smallest absolute Gasteiger partial charge is 0.209 e. The van der Waals surface area contributed by atoms with E-state index in [9.17, 15) is 0 Å². The number of hydrogen-bond acceptors (Lipinski definition) is 3. The fraction of sp³-hybridized carbons (Fsp3) is 0.154. The van der Waals surface area contributed by atoms with Gasteiger partial charge in [-0.25, -0.2) is 15.0 Å². The first kappa shape index (κ1) is 17.9. The number of terminal acetylenes is 1. The molecule has 2 rings (SSSR count). The average Bonchev–Trinajstić information content (AvgIpc) is 2.45. The highest BCUT2D eigenvalue weighted by atomic mass is 35.6. The summed E-state index contributed by atoms with van der Waals surface area (Å²) in [5.41, 5.74) is 1.30. The van der Waals surface area contributed by atoms with Gasteiger partial charge < -0.3 is 0 Å². The highest BCUT2D eigenvalue weighted by Gasteiger charge is 2.33. The lowest BCUT2D eigenvalue weighted by atomic mass is 10.1. The number of nitrogens with zero attached hydrogens (tertiary/aromatic N) is 3. The van der Waals surface area contributed by atoms with Crippen molar-refractivity contribution in [2.45, 2.75) is 7.59 Å². The molecule has 0 aliphatic rings. The van der Waals surface area contributed by atoms with Crippen LogP contribution in [0.3, 0.4) is 0 Å². The van der Waals surface area contributed by atoms with E-state index >= 15 is 0 Å². The second kappa shape index (κ2) is 6.57. The molecule has 1 aromatic heterocycles. The lowest BCUT2D eigenvalue weighted by Crippen LogP contribution is -2.16. The molecule has 0 bridgehead atoms. The normalized spacial score (nSPS) is 12.0. The zero-order valence-corrected chi connectivity index (χ0v) is 15.0. The standard InChI is InChI=1S/C13H5Cl6N3/c1-2-7-3-5-8(6-4-7)9-20-10(12(14,15)16)22-11(21-9)13(17,18)19/h1,3-6H. The number of aromatic nitrogens is 3. The van der Waals surface area contributed by atoms with Gasteiger partial charge >= 0.3 is 0 Å². The van der Waals surface area contributed by atoms with Crippen LogP contribution >= 0.6 is 69.6 Å². The van der Waals surface area contributed by atoms with Crippen molar-refractivity contribution in [1.82, 2.24) is 15.0 Å². The molecule has 9 heteroatoms. The molecule has 0 atom stereocenters. The van der Waals surface area contributed by atoms with Crippen LogP contribution in [0.15, 0.2) is 24.3 Å². The maximum atomic E-state index is 5.81. The Balaban J connectivity index is 2.62. The van der Waals surface area contributed by atoms with Crippen molar-refractivity contribution in [3.05, 3.63) is 41.5 Å². The Labute approximate surface area is 156 Å². The molecule has 0 radical (unpaired) electrons. The molecule has 0 aliphatic heterocycles. The minimum atomic E-state index is -1.89. The highest BCUT2D eigenvalue weighted by molar-refractivity contribution is 6.67. The maximum absolute atomic E-state index is 5.81. The van der Waals surface area contributed by atoms with Gasteiger partial charge in [0.1, 0.15) is 0 Å². The molecule has 0 saturated carbocycles. The highest BCUT2D eigenvalue weighted by Crippen LogP contribution is 2.40. The number of benzene rings is 1. The van der Waals surface area contributed by atoms with Crippen molar-refractivity contribution in [1.29, 1.82) is 0 Å². The van der Waals surface area contributed by atoms with E-state index in [-0.39, 0.29) is 17.5 Å². The van der Waals surface area contributed by atoms with Crippen LogP contribution < -0.4 is 0 Å². The van der Waals surface area contributed by atoms with E-state index in [0.717, 1.165) is 0 Å². The van der Waals surface area contributed by atoms with Gasteiger partial charge in [0.05, 0.1) is 0 Å². The first-order valence-electron chi connectivity index (χ1n) is 5.59. The molecular weight excluding hydrogens is 411 g/mol. The second-order valence-electron chi connectivity index (χ2n) is 4.02. The van der Waals surface area contributed by atoms with Crippen LogP contribution in [0.5, 0.6) is 0 Å². The van der Waals surface area contributed by atoms with Gasteiger partial charge in [0, 0.05) is 11.1 Å². The summed E-state index contributed by atoms with van der Waals surface area (Å²) in [5, 5.41) is 0. The number of hydrogen-bond donors (Lipinski definition) is 0. The summed E-state index contributed by atoms with van der Waals surface area (Å²) >= 11 is 34.9. The minimum Gasteiger partial charge on any atom is -0.209 e. The molecule has 0 saturated heterocycles. The van der Waals surface area contributed by atoms with Crippen LogP contribution in [-0.4, -0.2) is 15.0 Å². The van der Waals surface area contributed by atoms with Crippen molar-refractivity contribution in [2.24, 2.45) is 0 Å². The molecule has 0 fully saturated rings. The van der Waals surface area contributed by atoms with Gasteiger partial charge in [-0.05, 0) is 24.3 Å². The van der Waals surface area contributed by atoms with Crippen molar-refractivity contribution in [2.75, 3.05) is 0 Å². The van der Waals surface area contributed by atoms with Crippen molar-refractivity contribution in [3.8, 4) is 23.7 Å². The topological polar surface area (TPSA) is 38.7 Å². The molecule has 114 valence electrons. The molecule has 0 spiro atoms. The predicted molar refractivity (Wildman–Crippen MR) is 91.7 cm³/mol. The third-order valence-electron chi connectivity index (χ3n) is 2.45. The van der Waals surface area contributed by atoms with Crippen LogP contribution in [0.1, 0.15) is 17.2 Å². The fourth-order valence-corrected chi connectivity index (χ4v) is 1.98. The van der Waals surface area contributed by atoms with Crippen molar-refractivity contribution >= 4 is 69.6 Å². The summed E-state index contributed by atoms with van der Waals surface area (Å²) in [6.07, 6.45) is 5.31. The van der Waals surface area contributed by atoms with Crippen LogP contribution in [0, 0.1) is 12.3 Å². The third-order valence-corrected chi connectivity index (χ3v) is 3.47. The Morgan fingerprint density at radius 1 is 0.773 bits per heavy atom. The zero-order valence-electron chi connectivity index (χ0n) is 10.5.